The van der Waals surface area contributed by atoms with E-state index in [1.54, 1.807) is 11.3 Å². The van der Waals surface area contributed by atoms with Crippen molar-refractivity contribution in [3.63, 3.8) is 0 Å². The highest BCUT2D eigenvalue weighted by Crippen LogP contribution is 2.26. The van der Waals surface area contributed by atoms with Crippen LogP contribution in [0.3, 0.4) is 0 Å². The molecule has 0 bridgehead atoms. The van der Waals surface area contributed by atoms with E-state index in [1.165, 1.54) is 4.88 Å². The number of carbonyl (C=O) groups is 1. The van der Waals surface area contributed by atoms with E-state index in [1.807, 2.05) is 30.3 Å². The van der Waals surface area contributed by atoms with Gasteiger partial charge in [0.1, 0.15) is 0 Å². The standard InChI is InChI=1S/C17H22N2OS/c1-17(2,15-4-3-11-21-15)12-19-16(20)10-7-13-5-8-14(18)9-6-13/h3-6,8-9,11H,7,10,12,18H2,1-2H3,(H,19,20). The molecule has 0 spiro atoms. The van der Waals surface area contributed by atoms with Crippen LogP contribution in [0.5, 0.6) is 0 Å². The van der Waals surface area contributed by atoms with Crippen molar-refractivity contribution in [3.05, 3.63) is 52.2 Å². The Balaban J connectivity index is 1.78. The second-order valence-electron chi connectivity index (χ2n) is 5.88. The molecule has 0 fully saturated rings. The lowest BCUT2D eigenvalue weighted by molar-refractivity contribution is -0.121. The monoisotopic (exact) mass is 302 g/mol. The van der Waals surface area contributed by atoms with Gasteiger partial charge in [0.05, 0.1) is 0 Å². The molecule has 0 radical (unpaired) electrons. The molecule has 0 aliphatic rings. The fraction of sp³-hybridized carbons (Fsp3) is 0.353. The zero-order valence-corrected chi connectivity index (χ0v) is 13.4. The molecule has 1 aromatic carbocycles. The third-order valence-corrected chi connectivity index (χ3v) is 4.77. The van der Waals surface area contributed by atoms with Crippen LogP contribution < -0.4 is 11.1 Å². The number of nitrogen functional groups attached to an aromatic ring is 1. The van der Waals surface area contributed by atoms with Crippen molar-refractivity contribution in [2.24, 2.45) is 0 Å². The Morgan fingerprint density at radius 3 is 2.57 bits per heavy atom. The van der Waals surface area contributed by atoms with E-state index in [0.717, 1.165) is 17.7 Å². The Hall–Kier alpha value is -1.81. The first kappa shape index (κ1) is 15.6. The number of nitrogens with one attached hydrogen (secondary N) is 1. The third-order valence-electron chi connectivity index (χ3n) is 3.54. The van der Waals surface area contributed by atoms with Crippen LogP contribution in [-0.4, -0.2) is 12.5 Å². The van der Waals surface area contributed by atoms with Gasteiger partial charge in [-0.2, -0.15) is 0 Å². The maximum atomic E-state index is 12.0. The smallest absolute Gasteiger partial charge is 0.220 e. The number of aryl methyl sites for hydroxylation is 1. The molecule has 0 atom stereocenters. The van der Waals surface area contributed by atoms with Gasteiger partial charge in [0.2, 0.25) is 5.91 Å². The highest BCUT2D eigenvalue weighted by atomic mass is 32.1. The highest BCUT2D eigenvalue weighted by molar-refractivity contribution is 7.10. The van der Waals surface area contributed by atoms with Gasteiger partial charge in [-0.15, -0.1) is 11.3 Å². The summed E-state index contributed by atoms with van der Waals surface area (Å²) in [7, 11) is 0. The van der Waals surface area contributed by atoms with E-state index in [-0.39, 0.29) is 11.3 Å². The number of thiophene rings is 1. The summed E-state index contributed by atoms with van der Waals surface area (Å²) in [4.78, 5) is 13.3. The molecule has 21 heavy (non-hydrogen) atoms. The van der Waals surface area contributed by atoms with E-state index in [0.29, 0.717) is 13.0 Å². The largest absolute Gasteiger partial charge is 0.399 e. The van der Waals surface area contributed by atoms with E-state index >= 15 is 0 Å². The zero-order valence-electron chi connectivity index (χ0n) is 12.6. The number of amides is 1. The minimum Gasteiger partial charge on any atom is -0.399 e. The summed E-state index contributed by atoms with van der Waals surface area (Å²) >= 11 is 1.73. The van der Waals surface area contributed by atoms with Gasteiger partial charge in [0, 0.05) is 28.9 Å². The Morgan fingerprint density at radius 2 is 1.95 bits per heavy atom. The van der Waals surface area contributed by atoms with Gasteiger partial charge in [-0.1, -0.05) is 32.0 Å². The van der Waals surface area contributed by atoms with E-state index in [9.17, 15) is 4.79 Å². The summed E-state index contributed by atoms with van der Waals surface area (Å²) in [6, 6.07) is 11.8. The van der Waals surface area contributed by atoms with Crippen LogP contribution in [0.2, 0.25) is 0 Å². The summed E-state index contributed by atoms with van der Waals surface area (Å²) in [6.45, 7) is 4.96. The van der Waals surface area contributed by atoms with Crippen molar-refractivity contribution in [2.45, 2.75) is 32.1 Å². The van der Waals surface area contributed by atoms with Gasteiger partial charge in [-0.25, -0.2) is 0 Å². The van der Waals surface area contributed by atoms with Gasteiger partial charge in [0.15, 0.2) is 0 Å². The van der Waals surface area contributed by atoms with Crippen LogP contribution in [0.25, 0.3) is 0 Å². The molecule has 3 nitrogen and oxygen atoms in total. The molecule has 3 N–H and O–H groups in total. The van der Waals surface area contributed by atoms with Crippen LogP contribution in [0.15, 0.2) is 41.8 Å². The first-order chi connectivity index (χ1) is 9.97. The molecule has 4 heteroatoms. The number of benzene rings is 1. The average Bonchev–Trinajstić information content (AvgIpc) is 3.00. The van der Waals surface area contributed by atoms with Crippen molar-refractivity contribution in [3.8, 4) is 0 Å². The van der Waals surface area contributed by atoms with Crippen molar-refractivity contribution in [1.29, 1.82) is 0 Å². The van der Waals surface area contributed by atoms with Crippen molar-refractivity contribution in [1.82, 2.24) is 5.32 Å². The van der Waals surface area contributed by atoms with Crippen LogP contribution in [0.4, 0.5) is 5.69 Å². The number of hydrogen-bond acceptors (Lipinski definition) is 3. The maximum Gasteiger partial charge on any atom is 0.220 e. The molecular weight excluding hydrogens is 280 g/mol. The van der Waals surface area contributed by atoms with Gasteiger partial charge in [0.25, 0.3) is 0 Å². The lowest BCUT2D eigenvalue weighted by atomic mass is 9.91. The highest BCUT2D eigenvalue weighted by Gasteiger charge is 2.22. The van der Waals surface area contributed by atoms with Crippen molar-refractivity contribution in [2.75, 3.05) is 12.3 Å². The summed E-state index contributed by atoms with van der Waals surface area (Å²) in [6.07, 6.45) is 1.25. The van der Waals surface area contributed by atoms with Gasteiger partial charge in [-0.05, 0) is 35.6 Å². The number of hydrogen-bond donors (Lipinski definition) is 2. The third kappa shape index (κ3) is 4.60. The van der Waals surface area contributed by atoms with Gasteiger partial charge in [-0.3, -0.25) is 4.79 Å². The maximum absolute atomic E-state index is 12.0. The average molecular weight is 302 g/mol. The summed E-state index contributed by atoms with van der Waals surface area (Å²) in [5.41, 5.74) is 7.51. The Kier molecular flexibility index (Phi) is 5.02. The number of carbonyl (C=O) groups excluding carboxylic acids is 1. The molecule has 2 aromatic rings. The summed E-state index contributed by atoms with van der Waals surface area (Å²) in [5.74, 6) is 0.0939. The molecule has 1 heterocycles. The predicted molar refractivity (Wildman–Crippen MR) is 89.5 cm³/mol. The molecule has 1 amide bonds. The Morgan fingerprint density at radius 1 is 1.24 bits per heavy atom. The first-order valence-corrected chi connectivity index (χ1v) is 8.00. The van der Waals surface area contributed by atoms with E-state index in [4.69, 9.17) is 5.73 Å². The first-order valence-electron chi connectivity index (χ1n) is 7.12. The summed E-state index contributed by atoms with van der Waals surface area (Å²) in [5, 5.41) is 5.11. The van der Waals surface area contributed by atoms with Gasteiger partial charge >= 0.3 is 0 Å². The number of rotatable bonds is 6. The minimum absolute atomic E-state index is 0.0228. The fourth-order valence-corrected chi connectivity index (χ4v) is 2.95. The SMILES string of the molecule is CC(C)(CNC(=O)CCc1ccc(N)cc1)c1cccs1. The van der Waals surface area contributed by atoms with E-state index < -0.39 is 0 Å². The molecule has 0 unspecified atom stereocenters. The molecule has 1 aromatic heterocycles. The van der Waals surface area contributed by atoms with Crippen molar-refractivity contribution >= 4 is 22.9 Å². The topological polar surface area (TPSA) is 55.1 Å². The normalized spacial score (nSPS) is 11.3. The molecule has 0 saturated carbocycles. The predicted octanol–water partition coefficient (Wildman–Crippen LogP) is 3.36. The number of anilines is 1. The zero-order chi connectivity index (χ0) is 15.3. The molecule has 0 aliphatic carbocycles. The lowest BCUT2D eigenvalue weighted by Gasteiger charge is -2.23. The van der Waals surface area contributed by atoms with Crippen LogP contribution in [-0.2, 0) is 16.6 Å². The lowest BCUT2D eigenvalue weighted by Crippen LogP contribution is -2.36. The minimum atomic E-state index is -0.0228. The Bertz CT molecular complexity index is 573. The van der Waals surface area contributed by atoms with Crippen LogP contribution in [0, 0.1) is 0 Å². The van der Waals surface area contributed by atoms with Crippen molar-refractivity contribution < 1.29 is 4.79 Å². The van der Waals surface area contributed by atoms with Crippen LogP contribution in [0.1, 0.15) is 30.7 Å². The molecular formula is C17H22N2OS. The van der Waals surface area contributed by atoms with E-state index in [2.05, 4.69) is 30.6 Å². The molecule has 0 aliphatic heterocycles. The fourth-order valence-electron chi connectivity index (χ4n) is 2.10. The number of nitrogens with two attached hydrogens (primary N) is 1. The molecule has 112 valence electrons. The molecule has 0 saturated heterocycles. The Labute approximate surface area is 130 Å². The molecule has 2 rings (SSSR count). The summed E-state index contributed by atoms with van der Waals surface area (Å²) < 4.78 is 0. The van der Waals surface area contributed by atoms with Gasteiger partial charge < -0.3 is 11.1 Å². The second kappa shape index (κ2) is 6.76. The van der Waals surface area contributed by atoms with Crippen LogP contribution >= 0.6 is 11.3 Å². The quantitative estimate of drug-likeness (QED) is 0.804. The second-order valence-corrected chi connectivity index (χ2v) is 6.83.